The molecule has 8 heteroatoms. The Morgan fingerprint density at radius 2 is 1.55 bits per heavy atom. The van der Waals surface area contributed by atoms with Gasteiger partial charge in [0.05, 0.1) is 0 Å². The molecular weight excluding hydrogens is 481 g/mol. The lowest BCUT2D eigenvalue weighted by molar-refractivity contribution is 0.0711. The summed E-state index contributed by atoms with van der Waals surface area (Å²) < 4.78 is 14.6. The lowest BCUT2D eigenvalue weighted by Gasteiger charge is -2.30. The third kappa shape index (κ3) is 6.37. The highest BCUT2D eigenvalue weighted by molar-refractivity contribution is 6.06. The summed E-state index contributed by atoms with van der Waals surface area (Å²) in [6.45, 7) is 6.87. The predicted octanol–water partition coefficient (Wildman–Crippen LogP) is 4.69. The molecule has 2 heterocycles. The summed E-state index contributed by atoms with van der Waals surface area (Å²) in [6, 6.07) is 15.6. The topological polar surface area (TPSA) is 60.0 Å². The average molecular weight is 518 g/mol. The van der Waals surface area contributed by atoms with Crippen LogP contribution in [0.3, 0.4) is 0 Å². The maximum Gasteiger partial charge on any atom is 0.258 e. The number of carbonyl (C=O) groups is 2. The van der Waals surface area contributed by atoms with Gasteiger partial charge in [-0.2, -0.15) is 0 Å². The van der Waals surface area contributed by atoms with Crippen molar-refractivity contribution in [2.24, 2.45) is 0 Å². The third-order valence-corrected chi connectivity index (χ3v) is 7.00. The molecule has 0 unspecified atom stereocenters. The van der Waals surface area contributed by atoms with Crippen LogP contribution in [0.4, 0.5) is 15.8 Å². The van der Waals surface area contributed by atoms with E-state index in [0.717, 1.165) is 18.7 Å². The summed E-state index contributed by atoms with van der Waals surface area (Å²) in [5.74, 6) is -0.699. The molecule has 0 saturated heterocycles. The molecule has 4 rings (SSSR count). The number of halogens is 1. The normalized spacial score (nSPS) is 15.1. The zero-order valence-corrected chi connectivity index (χ0v) is 22.6. The van der Waals surface area contributed by atoms with E-state index >= 15 is 0 Å². The van der Waals surface area contributed by atoms with Crippen LogP contribution in [-0.2, 0) is 6.54 Å². The molecule has 0 atom stereocenters. The van der Waals surface area contributed by atoms with Gasteiger partial charge in [0.25, 0.3) is 11.8 Å². The van der Waals surface area contributed by atoms with E-state index in [0.29, 0.717) is 42.0 Å². The van der Waals surface area contributed by atoms with Gasteiger partial charge in [0.1, 0.15) is 5.82 Å². The van der Waals surface area contributed by atoms with Crippen molar-refractivity contribution in [1.29, 1.82) is 0 Å². The maximum absolute atomic E-state index is 14.6. The zero-order chi connectivity index (χ0) is 27.2. The van der Waals surface area contributed by atoms with Gasteiger partial charge in [0.2, 0.25) is 0 Å². The number of pyridine rings is 1. The third-order valence-electron chi connectivity index (χ3n) is 7.00. The smallest absolute Gasteiger partial charge is 0.258 e. The van der Waals surface area contributed by atoms with Gasteiger partial charge in [-0.1, -0.05) is 0 Å². The van der Waals surface area contributed by atoms with Crippen molar-refractivity contribution in [2.45, 2.75) is 32.9 Å². The van der Waals surface area contributed by atoms with Gasteiger partial charge in [0, 0.05) is 87.8 Å². The minimum absolute atomic E-state index is 0.125. The highest BCUT2D eigenvalue weighted by Gasteiger charge is 2.26. The highest BCUT2D eigenvalue weighted by Crippen LogP contribution is 2.27. The number of rotatable bonds is 4. The molecule has 0 saturated carbocycles. The Kier molecular flexibility index (Phi) is 8.73. The van der Waals surface area contributed by atoms with E-state index in [2.05, 4.69) is 23.7 Å². The number of fused-ring (bicyclic) bond motifs is 1. The molecule has 38 heavy (non-hydrogen) atoms. The molecule has 3 aromatic rings. The van der Waals surface area contributed by atoms with Gasteiger partial charge in [0.15, 0.2) is 0 Å². The SMILES string of the molecule is CC(C)N1CCCN(C(=O)c2ccncc2)c2ccc(F)cc2CN(C(=O)c2ccc(N(C)C)cc2)CC1. The number of anilines is 2. The van der Waals surface area contributed by atoms with E-state index in [4.69, 9.17) is 0 Å². The molecule has 200 valence electrons. The number of amides is 2. The molecule has 1 aliphatic heterocycles. The molecule has 0 spiro atoms. The van der Waals surface area contributed by atoms with Gasteiger partial charge < -0.3 is 14.7 Å². The molecule has 0 N–H and O–H groups in total. The van der Waals surface area contributed by atoms with Gasteiger partial charge in [-0.3, -0.25) is 19.5 Å². The first kappa shape index (κ1) is 27.3. The number of carbonyl (C=O) groups excluding carboxylic acids is 2. The summed E-state index contributed by atoms with van der Waals surface area (Å²) in [6.07, 6.45) is 3.92. The van der Waals surface area contributed by atoms with Gasteiger partial charge in [-0.05, 0) is 80.4 Å². The van der Waals surface area contributed by atoms with E-state index in [1.165, 1.54) is 12.1 Å². The first-order valence-corrected chi connectivity index (χ1v) is 13.1. The lowest BCUT2D eigenvalue weighted by Crippen LogP contribution is -2.41. The number of hydrogen-bond acceptors (Lipinski definition) is 5. The zero-order valence-electron chi connectivity index (χ0n) is 22.6. The van der Waals surface area contributed by atoms with Gasteiger partial charge in [-0.25, -0.2) is 4.39 Å². The van der Waals surface area contributed by atoms with Crippen LogP contribution in [-0.4, -0.2) is 72.9 Å². The molecule has 1 aromatic heterocycles. The summed E-state index contributed by atoms with van der Waals surface area (Å²) in [7, 11) is 3.91. The van der Waals surface area contributed by atoms with Gasteiger partial charge in [-0.15, -0.1) is 0 Å². The van der Waals surface area contributed by atoms with Crippen molar-refractivity contribution < 1.29 is 14.0 Å². The number of aromatic nitrogens is 1. The van der Waals surface area contributed by atoms with Crippen LogP contribution in [0.1, 0.15) is 46.5 Å². The van der Waals surface area contributed by atoms with Crippen molar-refractivity contribution in [1.82, 2.24) is 14.8 Å². The second-order valence-electron chi connectivity index (χ2n) is 10.1. The first-order chi connectivity index (χ1) is 18.2. The Morgan fingerprint density at radius 3 is 2.21 bits per heavy atom. The summed E-state index contributed by atoms with van der Waals surface area (Å²) in [5.41, 5.74) is 3.31. The molecule has 0 aliphatic carbocycles. The molecule has 2 amide bonds. The minimum Gasteiger partial charge on any atom is -0.378 e. The van der Waals surface area contributed by atoms with Crippen molar-refractivity contribution in [3.8, 4) is 0 Å². The van der Waals surface area contributed by atoms with Crippen LogP contribution in [0.5, 0.6) is 0 Å². The van der Waals surface area contributed by atoms with Crippen molar-refractivity contribution in [3.63, 3.8) is 0 Å². The molecule has 7 nitrogen and oxygen atoms in total. The summed E-state index contributed by atoms with van der Waals surface area (Å²) in [5, 5.41) is 0. The monoisotopic (exact) mass is 517 g/mol. The van der Waals surface area contributed by atoms with Crippen molar-refractivity contribution in [3.05, 3.63) is 89.5 Å². The second kappa shape index (κ2) is 12.2. The van der Waals surface area contributed by atoms with Crippen molar-refractivity contribution in [2.75, 3.05) is 50.1 Å². The van der Waals surface area contributed by atoms with Crippen molar-refractivity contribution >= 4 is 23.2 Å². The Hall–Kier alpha value is -3.78. The fourth-order valence-electron chi connectivity index (χ4n) is 4.78. The standard InChI is InChI=1S/C30H36FN5O2/c1-22(2)34-16-5-17-36(30(38)24-12-14-32-15-13-24)28-11-8-26(31)20-25(28)21-35(19-18-34)29(37)23-6-9-27(10-7-23)33(3)4/h6-15,20,22H,5,16-19,21H2,1-4H3. The van der Waals surface area contributed by atoms with E-state index in [1.807, 2.05) is 43.3 Å². The Labute approximate surface area is 224 Å². The van der Waals surface area contributed by atoms with E-state index in [1.54, 1.807) is 40.4 Å². The Balaban J connectivity index is 1.74. The van der Waals surface area contributed by atoms with E-state index in [9.17, 15) is 14.0 Å². The second-order valence-corrected chi connectivity index (χ2v) is 10.1. The molecule has 1 aliphatic rings. The molecule has 0 radical (unpaired) electrons. The maximum atomic E-state index is 14.6. The molecular formula is C30H36FN5O2. The molecule has 2 aromatic carbocycles. The minimum atomic E-state index is -0.401. The molecule has 0 fully saturated rings. The lowest BCUT2D eigenvalue weighted by atomic mass is 10.1. The number of hydrogen-bond donors (Lipinski definition) is 0. The Morgan fingerprint density at radius 1 is 0.868 bits per heavy atom. The largest absolute Gasteiger partial charge is 0.378 e. The Bertz CT molecular complexity index is 1250. The van der Waals surface area contributed by atoms with E-state index < -0.39 is 5.82 Å². The number of benzene rings is 2. The summed E-state index contributed by atoms with van der Waals surface area (Å²) in [4.78, 5) is 39.2. The molecule has 0 bridgehead atoms. The fourth-order valence-corrected chi connectivity index (χ4v) is 4.78. The summed E-state index contributed by atoms with van der Waals surface area (Å²) >= 11 is 0. The number of nitrogens with zero attached hydrogens (tertiary/aromatic N) is 5. The van der Waals surface area contributed by atoms with Crippen LogP contribution in [0, 0.1) is 5.82 Å². The van der Waals surface area contributed by atoms with E-state index in [-0.39, 0.29) is 24.4 Å². The van der Waals surface area contributed by atoms with Crippen LogP contribution < -0.4 is 9.80 Å². The highest BCUT2D eigenvalue weighted by atomic mass is 19.1. The predicted molar refractivity (Wildman–Crippen MR) is 149 cm³/mol. The van der Waals surface area contributed by atoms with Crippen LogP contribution >= 0.6 is 0 Å². The van der Waals surface area contributed by atoms with Crippen LogP contribution in [0.2, 0.25) is 0 Å². The average Bonchev–Trinajstić information content (AvgIpc) is 2.95. The van der Waals surface area contributed by atoms with Crippen LogP contribution in [0.25, 0.3) is 0 Å². The fraction of sp³-hybridized carbons (Fsp3) is 0.367. The van der Waals surface area contributed by atoms with Crippen LogP contribution in [0.15, 0.2) is 67.0 Å². The quantitative estimate of drug-likeness (QED) is 0.503. The first-order valence-electron chi connectivity index (χ1n) is 13.1. The van der Waals surface area contributed by atoms with Gasteiger partial charge >= 0.3 is 0 Å².